The zero-order valence-electron chi connectivity index (χ0n) is 11.4. The molecule has 0 spiro atoms. The molecule has 2 heteroatoms. The summed E-state index contributed by atoms with van der Waals surface area (Å²) in [5, 5.41) is 21.4. The van der Waals surface area contributed by atoms with E-state index < -0.39 is 5.60 Å². The van der Waals surface area contributed by atoms with Crippen molar-refractivity contribution in [3.05, 3.63) is 12.2 Å². The third-order valence-electron chi connectivity index (χ3n) is 5.68. The van der Waals surface area contributed by atoms with Crippen LogP contribution in [0.3, 0.4) is 0 Å². The number of hydrogen-bond acceptors (Lipinski definition) is 2. The fourth-order valence-electron chi connectivity index (χ4n) is 4.01. The summed E-state index contributed by atoms with van der Waals surface area (Å²) in [5.74, 6) is 0.693. The minimum absolute atomic E-state index is 0.276. The molecule has 0 bridgehead atoms. The Hall–Kier alpha value is -0.340. The summed E-state index contributed by atoms with van der Waals surface area (Å²) in [6.45, 7) is 10.3. The van der Waals surface area contributed by atoms with Crippen LogP contribution < -0.4 is 0 Å². The van der Waals surface area contributed by atoms with Crippen molar-refractivity contribution in [2.24, 2.45) is 17.3 Å². The Morgan fingerprint density at radius 3 is 2.53 bits per heavy atom. The fourth-order valence-corrected chi connectivity index (χ4v) is 4.01. The second-order valence-electron chi connectivity index (χ2n) is 6.62. The first-order valence-corrected chi connectivity index (χ1v) is 6.87. The van der Waals surface area contributed by atoms with Crippen LogP contribution in [0.1, 0.15) is 52.9 Å². The number of aliphatic hydroxyl groups is 2. The molecule has 2 rings (SSSR count). The minimum Gasteiger partial charge on any atom is -0.392 e. The van der Waals surface area contributed by atoms with E-state index in [2.05, 4.69) is 27.4 Å². The topological polar surface area (TPSA) is 40.5 Å². The lowest BCUT2D eigenvalue weighted by molar-refractivity contribution is -0.217. The van der Waals surface area contributed by atoms with E-state index in [4.69, 9.17) is 0 Å². The van der Waals surface area contributed by atoms with Gasteiger partial charge in [-0.2, -0.15) is 0 Å². The van der Waals surface area contributed by atoms with Gasteiger partial charge in [-0.15, -0.1) is 0 Å². The van der Waals surface area contributed by atoms with Gasteiger partial charge >= 0.3 is 0 Å². The van der Waals surface area contributed by atoms with E-state index >= 15 is 0 Å². The maximum Gasteiger partial charge on any atom is 0.0756 e. The average Bonchev–Trinajstić information content (AvgIpc) is 2.27. The molecule has 0 aliphatic heterocycles. The van der Waals surface area contributed by atoms with Gasteiger partial charge in [0.1, 0.15) is 0 Å². The molecule has 0 aromatic heterocycles. The lowest BCUT2D eigenvalue weighted by atomic mass is 9.50. The maximum absolute atomic E-state index is 11.1. The molecule has 2 nitrogen and oxygen atoms in total. The first kappa shape index (κ1) is 13.1. The smallest absolute Gasteiger partial charge is 0.0756 e. The van der Waals surface area contributed by atoms with E-state index in [1.54, 1.807) is 0 Å². The van der Waals surface area contributed by atoms with Crippen molar-refractivity contribution in [2.45, 2.75) is 64.6 Å². The Bertz CT molecular complexity index is 325. The molecule has 0 heterocycles. The Morgan fingerprint density at radius 1 is 1.29 bits per heavy atom. The highest BCUT2D eigenvalue weighted by molar-refractivity contribution is 5.13. The van der Waals surface area contributed by atoms with Gasteiger partial charge in [0.15, 0.2) is 0 Å². The molecule has 2 fully saturated rings. The van der Waals surface area contributed by atoms with Gasteiger partial charge in [0.05, 0.1) is 11.7 Å². The Kier molecular flexibility index (Phi) is 3.16. The van der Waals surface area contributed by atoms with Crippen molar-refractivity contribution in [3.63, 3.8) is 0 Å². The molecule has 2 aliphatic rings. The molecule has 98 valence electrons. The fraction of sp³-hybridized carbons (Fsp3) is 0.867. The van der Waals surface area contributed by atoms with Crippen LogP contribution in [-0.4, -0.2) is 21.9 Å². The van der Waals surface area contributed by atoms with Crippen LogP contribution in [0.2, 0.25) is 0 Å². The van der Waals surface area contributed by atoms with E-state index in [1.807, 2.05) is 0 Å². The molecule has 0 radical (unpaired) electrons. The summed E-state index contributed by atoms with van der Waals surface area (Å²) in [7, 11) is 0. The molecular formula is C15H26O2. The van der Waals surface area contributed by atoms with E-state index in [0.29, 0.717) is 5.92 Å². The summed E-state index contributed by atoms with van der Waals surface area (Å²) in [5.41, 5.74) is 0.135. The predicted octanol–water partition coefficient (Wildman–Crippen LogP) is 2.89. The molecule has 2 saturated carbocycles. The van der Waals surface area contributed by atoms with E-state index in [0.717, 1.165) is 32.1 Å². The average molecular weight is 238 g/mol. The van der Waals surface area contributed by atoms with Gasteiger partial charge in [-0.05, 0) is 50.9 Å². The van der Waals surface area contributed by atoms with Crippen molar-refractivity contribution in [2.75, 3.05) is 0 Å². The molecule has 17 heavy (non-hydrogen) atoms. The summed E-state index contributed by atoms with van der Waals surface area (Å²) in [4.78, 5) is 0. The predicted molar refractivity (Wildman–Crippen MR) is 69.6 cm³/mol. The minimum atomic E-state index is -0.716. The molecule has 0 unspecified atom stereocenters. The molecular weight excluding hydrogens is 212 g/mol. The maximum atomic E-state index is 11.1. The van der Waals surface area contributed by atoms with Crippen LogP contribution in [0.5, 0.6) is 0 Å². The van der Waals surface area contributed by atoms with E-state index in [1.165, 1.54) is 5.57 Å². The summed E-state index contributed by atoms with van der Waals surface area (Å²) < 4.78 is 0. The summed E-state index contributed by atoms with van der Waals surface area (Å²) in [6.07, 6.45) is 4.14. The Labute approximate surface area is 105 Å². The molecule has 2 aliphatic carbocycles. The van der Waals surface area contributed by atoms with Crippen molar-refractivity contribution in [3.8, 4) is 0 Å². The normalized spacial score (nSPS) is 50.8. The Morgan fingerprint density at radius 2 is 1.94 bits per heavy atom. The van der Waals surface area contributed by atoms with Crippen LogP contribution in [0.25, 0.3) is 0 Å². The highest BCUT2D eigenvalue weighted by Gasteiger charge is 2.59. The van der Waals surface area contributed by atoms with Gasteiger partial charge in [-0.3, -0.25) is 0 Å². The zero-order chi connectivity index (χ0) is 12.8. The van der Waals surface area contributed by atoms with Gasteiger partial charge in [0, 0.05) is 5.41 Å². The number of aliphatic hydroxyl groups excluding tert-OH is 1. The van der Waals surface area contributed by atoms with E-state index in [-0.39, 0.29) is 17.4 Å². The monoisotopic (exact) mass is 238 g/mol. The van der Waals surface area contributed by atoms with Gasteiger partial charge < -0.3 is 10.2 Å². The molecule has 0 saturated heterocycles. The number of rotatable bonds is 1. The highest BCUT2D eigenvalue weighted by Crippen LogP contribution is 2.57. The lowest BCUT2D eigenvalue weighted by Gasteiger charge is -2.59. The number of fused-ring (bicyclic) bond motifs is 1. The molecule has 5 atom stereocenters. The lowest BCUT2D eigenvalue weighted by Crippen LogP contribution is -2.62. The first-order chi connectivity index (χ1) is 7.81. The summed E-state index contributed by atoms with van der Waals surface area (Å²) >= 11 is 0. The molecule has 0 amide bonds. The van der Waals surface area contributed by atoms with Crippen molar-refractivity contribution in [1.82, 2.24) is 0 Å². The zero-order valence-corrected chi connectivity index (χ0v) is 11.4. The van der Waals surface area contributed by atoms with Crippen molar-refractivity contribution in [1.29, 1.82) is 0 Å². The Balaban J connectivity index is 2.32. The van der Waals surface area contributed by atoms with Gasteiger partial charge in [-0.1, -0.05) is 26.0 Å². The van der Waals surface area contributed by atoms with E-state index in [9.17, 15) is 10.2 Å². The van der Waals surface area contributed by atoms with Crippen LogP contribution in [-0.2, 0) is 0 Å². The first-order valence-electron chi connectivity index (χ1n) is 6.87. The SMILES string of the molecule is C=C(C)[C@@H]1CC[C@@]2(C)[C@H](O)CC[C@@H](C)[C@]2(O)C1. The van der Waals surface area contributed by atoms with Crippen LogP contribution >= 0.6 is 0 Å². The third kappa shape index (κ3) is 1.77. The molecule has 2 N–H and O–H groups in total. The second kappa shape index (κ2) is 4.10. The van der Waals surface area contributed by atoms with Crippen LogP contribution in [0, 0.1) is 17.3 Å². The standard InChI is InChI=1S/C15H26O2/c1-10(2)12-7-8-14(4)13(16)6-5-11(3)15(14,17)9-12/h11-13,16-17H,1,5-9H2,2-4H3/t11-,12-,13-,14+,15-/m1/s1. The van der Waals surface area contributed by atoms with Gasteiger partial charge in [0.25, 0.3) is 0 Å². The van der Waals surface area contributed by atoms with Crippen LogP contribution in [0.15, 0.2) is 12.2 Å². The van der Waals surface area contributed by atoms with Crippen LogP contribution in [0.4, 0.5) is 0 Å². The number of hydrogen-bond donors (Lipinski definition) is 2. The molecule has 0 aromatic rings. The van der Waals surface area contributed by atoms with Crippen molar-refractivity contribution < 1.29 is 10.2 Å². The molecule has 0 aromatic carbocycles. The van der Waals surface area contributed by atoms with Gasteiger partial charge in [0.2, 0.25) is 0 Å². The quantitative estimate of drug-likeness (QED) is 0.690. The number of allylic oxidation sites excluding steroid dienone is 1. The largest absolute Gasteiger partial charge is 0.392 e. The van der Waals surface area contributed by atoms with Crippen molar-refractivity contribution >= 4 is 0 Å². The summed E-state index contributed by atoms with van der Waals surface area (Å²) in [6, 6.07) is 0. The highest BCUT2D eigenvalue weighted by atomic mass is 16.3. The van der Waals surface area contributed by atoms with Gasteiger partial charge in [-0.25, -0.2) is 0 Å². The third-order valence-corrected chi connectivity index (χ3v) is 5.68. The second-order valence-corrected chi connectivity index (χ2v) is 6.62.